The summed E-state index contributed by atoms with van der Waals surface area (Å²) >= 11 is 0. The molecule has 1 atom stereocenters. The quantitative estimate of drug-likeness (QED) is 0.811. The van der Waals surface area contributed by atoms with Gasteiger partial charge in [-0.2, -0.15) is 13.2 Å². The molecule has 0 aromatic heterocycles. The number of hydrogen-bond acceptors (Lipinski definition) is 3. The van der Waals surface area contributed by atoms with E-state index in [0.29, 0.717) is 12.8 Å². The standard InChI is InChI=1S/C9H12F3NO4/c10-9(11,12)5-17-8(16)13-3-1-2-6(4-13)7(14)15/h6H,1-5H2,(H,14,15)/t6-/m1/s1. The molecule has 0 radical (unpaired) electrons. The van der Waals surface area contributed by atoms with E-state index < -0.39 is 30.8 Å². The van der Waals surface area contributed by atoms with E-state index in [-0.39, 0.29) is 13.1 Å². The first-order valence-corrected chi connectivity index (χ1v) is 5.01. The second-order valence-electron chi connectivity index (χ2n) is 3.79. The Morgan fingerprint density at radius 1 is 1.41 bits per heavy atom. The third-order valence-electron chi connectivity index (χ3n) is 2.39. The van der Waals surface area contributed by atoms with Crippen LogP contribution < -0.4 is 0 Å². The number of ether oxygens (including phenoxy) is 1. The number of nitrogens with zero attached hydrogens (tertiary/aromatic N) is 1. The van der Waals surface area contributed by atoms with Crippen LogP contribution >= 0.6 is 0 Å². The molecule has 0 unspecified atom stereocenters. The number of carboxylic acid groups (broad SMARTS) is 1. The number of alkyl halides is 3. The summed E-state index contributed by atoms with van der Waals surface area (Å²) in [6.07, 6.45) is -4.83. The zero-order valence-electron chi connectivity index (χ0n) is 8.87. The zero-order chi connectivity index (χ0) is 13.1. The highest BCUT2D eigenvalue weighted by atomic mass is 19.4. The number of amides is 1. The highest BCUT2D eigenvalue weighted by Gasteiger charge is 2.33. The number of carbonyl (C=O) groups excluding carboxylic acids is 1. The first-order chi connectivity index (χ1) is 7.79. The molecule has 1 aliphatic rings. The molecule has 0 saturated carbocycles. The van der Waals surface area contributed by atoms with Gasteiger partial charge in [-0.25, -0.2) is 4.79 Å². The van der Waals surface area contributed by atoms with Crippen molar-refractivity contribution in [1.82, 2.24) is 4.90 Å². The Balaban J connectivity index is 2.44. The van der Waals surface area contributed by atoms with Gasteiger partial charge in [-0.15, -0.1) is 0 Å². The SMILES string of the molecule is O=C(O)[C@@H]1CCCN(C(=O)OCC(F)(F)F)C1. The minimum atomic E-state index is -4.57. The molecule has 0 aliphatic carbocycles. The van der Waals surface area contributed by atoms with E-state index in [2.05, 4.69) is 4.74 Å². The molecule has 0 spiro atoms. The summed E-state index contributed by atoms with van der Waals surface area (Å²) in [4.78, 5) is 22.9. The molecule has 1 amide bonds. The van der Waals surface area contributed by atoms with Crippen molar-refractivity contribution >= 4 is 12.1 Å². The fourth-order valence-corrected chi connectivity index (χ4v) is 1.58. The predicted molar refractivity (Wildman–Crippen MR) is 49.3 cm³/mol. The van der Waals surface area contributed by atoms with Crippen LogP contribution in [0.25, 0.3) is 0 Å². The van der Waals surface area contributed by atoms with Crippen molar-refractivity contribution < 1.29 is 32.6 Å². The molecule has 8 heteroatoms. The lowest BCUT2D eigenvalue weighted by Crippen LogP contribution is -2.43. The topological polar surface area (TPSA) is 66.8 Å². The number of carbonyl (C=O) groups is 2. The number of carboxylic acids is 1. The Morgan fingerprint density at radius 3 is 2.59 bits per heavy atom. The maximum atomic E-state index is 11.8. The van der Waals surface area contributed by atoms with Crippen molar-refractivity contribution in [2.24, 2.45) is 5.92 Å². The molecular formula is C9H12F3NO4. The number of rotatable bonds is 2. The summed E-state index contributed by atoms with van der Waals surface area (Å²) in [5.41, 5.74) is 0. The first-order valence-electron chi connectivity index (χ1n) is 5.01. The molecule has 0 aromatic carbocycles. The van der Waals surface area contributed by atoms with Gasteiger partial charge in [-0.05, 0) is 12.8 Å². The van der Waals surface area contributed by atoms with Crippen LogP contribution in [-0.4, -0.2) is 47.9 Å². The minimum Gasteiger partial charge on any atom is -0.481 e. The van der Waals surface area contributed by atoms with Gasteiger partial charge in [0.05, 0.1) is 5.92 Å². The molecule has 0 aromatic rings. The number of hydrogen-bond donors (Lipinski definition) is 1. The monoisotopic (exact) mass is 255 g/mol. The van der Waals surface area contributed by atoms with E-state index in [1.165, 1.54) is 0 Å². The van der Waals surface area contributed by atoms with E-state index >= 15 is 0 Å². The molecule has 98 valence electrons. The molecule has 1 saturated heterocycles. The van der Waals surface area contributed by atoms with E-state index in [0.717, 1.165) is 4.90 Å². The van der Waals surface area contributed by atoms with Gasteiger partial charge in [0.1, 0.15) is 0 Å². The lowest BCUT2D eigenvalue weighted by Gasteiger charge is -2.29. The maximum Gasteiger partial charge on any atom is 0.422 e. The number of aliphatic carboxylic acids is 1. The zero-order valence-corrected chi connectivity index (χ0v) is 8.87. The highest BCUT2D eigenvalue weighted by Crippen LogP contribution is 2.19. The lowest BCUT2D eigenvalue weighted by atomic mass is 9.99. The molecular weight excluding hydrogens is 243 g/mol. The van der Waals surface area contributed by atoms with Crippen LogP contribution in [0.4, 0.5) is 18.0 Å². The van der Waals surface area contributed by atoms with Crippen LogP contribution in [0.1, 0.15) is 12.8 Å². The van der Waals surface area contributed by atoms with Crippen molar-refractivity contribution in [1.29, 1.82) is 0 Å². The van der Waals surface area contributed by atoms with E-state index in [1.807, 2.05) is 0 Å². The van der Waals surface area contributed by atoms with Crippen LogP contribution in [0.2, 0.25) is 0 Å². The summed E-state index contributed by atoms with van der Waals surface area (Å²) in [5.74, 6) is -1.79. The molecule has 1 heterocycles. The van der Waals surface area contributed by atoms with Gasteiger partial charge in [-0.3, -0.25) is 4.79 Å². The maximum absolute atomic E-state index is 11.8. The summed E-state index contributed by atoms with van der Waals surface area (Å²) in [6, 6.07) is 0. The van der Waals surface area contributed by atoms with Crippen LogP contribution in [0.3, 0.4) is 0 Å². The number of likely N-dealkylation sites (tertiary alicyclic amines) is 1. The Bertz CT molecular complexity index is 305. The van der Waals surface area contributed by atoms with Crippen LogP contribution in [-0.2, 0) is 9.53 Å². The third-order valence-corrected chi connectivity index (χ3v) is 2.39. The minimum absolute atomic E-state index is 0.105. The van der Waals surface area contributed by atoms with Crippen molar-refractivity contribution in [2.45, 2.75) is 19.0 Å². The lowest BCUT2D eigenvalue weighted by molar-refractivity contribution is -0.163. The Morgan fingerprint density at radius 2 is 2.06 bits per heavy atom. The average molecular weight is 255 g/mol. The van der Waals surface area contributed by atoms with Crippen molar-refractivity contribution in [2.75, 3.05) is 19.7 Å². The van der Waals surface area contributed by atoms with Crippen molar-refractivity contribution in [3.8, 4) is 0 Å². The van der Waals surface area contributed by atoms with E-state index in [1.54, 1.807) is 0 Å². The van der Waals surface area contributed by atoms with Crippen LogP contribution in [0, 0.1) is 5.92 Å². The van der Waals surface area contributed by atoms with E-state index in [9.17, 15) is 22.8 Å². The number of halogens is 3. The molecule has 17 heavy (non-hydrogen) atoms. The summed E-state index contributed by atoms with van der Waals surface area (Å²) in [7, 11) is 0. The molecule has 1 N–H and O–H groups in total. The van der Waals surface area contributed by atoms with Crippen molar-refractivity contribution in [3.05, 3.63) is 0 Å². The van der Waals surface area contributed by atoms with Gasteiger partial charge in [0.15, 0.2) is 6.61 Å². The van der Waals surface area contributed by atoms with Gasteiger partial charge >= 0.3 is 18.2 Å². The average Bonchev–Trinajstić information content (AvgIpc) is 2.25. The molecule has 5 nitrogen and oxygen atoms in total. The summed E-state index contributed by atoms with van der Waals surface area (Å²) in [5, 5.41) is 8.74. The van der Waals surface area contributed by atoms with Crippen LogP contribution in [0.15, 0.2) is 0 Å². The summed E-state index contributed by atoms with van der Waals surface area (Å²) < 4.78 is 39.4. The Hall–Kier alpha value is -1.47. The van der Waals surface area contributed by atoms with Crippen molar-refractivity contribution in [3.63, 3.8) is 0 Å². The molecule has 0 bridgehead atoms. The predicted octanol–water partition coefficient (Wildman–Crippen LogP) is 1.48. The first kappa shape index (κ1) is 13.6. The Labute approximate surface area is 95.1 Å². The van der Waals surface area contributed by atoms with E-state index in [4.69, 9.17) is 5.11 Å². The van der Waals surface area contributed by atoms with Gasteiger partial charge in [0.2, 0.25) is 0 Å². The Kier molecular flexibility index (Phi) is 4.19. The summed E-state index contributed by atoms with van der Waals surface area (Å²) in [6.45, 7) is -1.54. The normalized spacial score (nSPS) is 21.1. The van der Waals surface area contributed by atoms with Gasteiger partial charge in [0, 0.05) is 13.1 Å². The fraction of sp³-hybridized carbons (Fsp3) is 0.778. The van der Waals surface area contributed by atoms with Gasteiger partial charge in [0.25, 0.3) is 0 Å². The second kappa shape index (κ2) is 5.24. The van der Waals surface area contributed by atoms with Gasteiger partial charge in [-0.1, -0.05) is 0 Å². The highest BCUT2D eigenvalue weighted by molar-refractivity contribution is 5.73. The largest absolute Gasteiger partial charge is 0.481 e. The van der Waals surface area contributed by atoms with Gasteiger partial charge < -0.3 is 14.7 Å². The fourth-order valence-electron chi connectivity index (χ4n) is 1.58. The van der Waals surface area contributed by atoms with Crippen LogP contribution in [0.5, 0.6) is 0 Å². The molecule has 1 fully saturated rings. The second-order valence-corrected chi connectivity index (χ2v) is 3.79. The smallest absolute Gasteiger partial charge is 0.422 e. The number of piperidine rings is 1. The third kappa shape index (κ3) is 4.49. The molecule has 1 rings (SSSR count). The molecule has 1 aliphatic heterocycles.